The van der Waals surface area contributed by atoms with Crippen LogP contribution in [0, 0.1) is 0 Å². The Bertz CT molecular complexity index is 3360. The Hall–Kier alpha value is -7.17. The molecule has 0 atom stereocenters. The first kappa shape index (κ1) is 28.5. The number of para-hydroxylation sites is 4. The van der Waals surface area contributed by atoms with Crippen molar-refractivity contribution >= 4 is 87.0 Å². The van der Waals surface area contributed by atoms with Crippen molar-refractivity contribution < 1.29 is 0 Å². The number of fused-ring (bicyclic) bond motifs is 12. The summed E-state index contributed by atoms with van der Waals surface area (Å²) in [6.07, 6.45) is 3.83. The maximum Gasteiger partial charge on any atom is 0.0621 e. The zero-order valence-electron chi connectivity index (χ0n) is 28.6. The summed E-state index contributed by atoms with van der Waals surface area (Å²) < 4.78 is 7.35. The molecule has 4 aromatic heterocycles. The average molecular weight is 675 g/mol. The van der Waals surface area contributed by atoms with Crippen LogP contribution in [0.5, 0.6) is 0 Å². The summed E-state index contributed by atoms with van der Waals surface area (Å²) in [5, 5.41) is 12.2. The number of hydrogen-bond acceptors (Lipinski definition) is 1. The lowest BCUT2D eigenvalue weighted by molar-refractivity contribution is 1.17. The summed E-state index contributed by atoms with van der Waals surface area (Å²) in [5.41, 5.74) is 10.6. The van der Waals surface area contributed by atoms with Crippen LogP contribution in [0.2, 0.25) is 0 Å². The van der Waals surface area contributed by atoms with Gasteiger partial charge in [-0.25, -0.2) is 0 Å². The Labute approximate surface area is 304 Å². The number of pyridine rings is 1. The van der Waals surface area contributed by atoms with Crippen molar-refractivity contribution in [1.82, 2.24) is 18.7 Å². The molecule has 0 aliphatic rings. The topological polar surface area (TPSA) is 27.7 Å². The predicted molar refractivity (Wildman–Crippen MR) is 222 cm³/mol. The predicted octanol–water partition coefficient (Wildman–Crippen LogP) is 12.7. The van der Waals surface area contributed by atoms with E-state index in [1.807, 2.05) is 12.4 Å². The lowest BCUT2D eigenvalue weighted by Crippen LogP contribution is -1.98. The van der Waals surface area contributed by atoms with Crippen molar-refractivity contribution in [3.63, 3.8) is 0 Å². The summed E-state index contributed by atoms with van der Waals surface area (Å²) in [5.74, 6) is 0. The van der Waals surface area contributed by atoms with Crippen molar-refractivity contribution in [2.24, 2.45) is 0 Å². The van der Waals surface area contributed by atoms with Gasteiger partial charge in [-0.05, 0) is 72.1 Å². The van der Waals surface area contributed by atoms with Crippen LogP contribution in [-0.4, -0.2) is 18.7 Å². The molecule has 246 valence electrons. The van der Waals surface area contributed by atoms with Crippen LogP contribution < -0.4 is 0 Å². The molecule has 0 saturated heterocycles. The van der Waals surface area contributed by atoms with E-state index in [4.69, 9.17) is 0 Å². The molecule has 0 amide bonds. The molecule has 0 N–H and O–H groups in total. The largest absolute Gasteiger partial charge is 0.309 e. The van der Waals surface area contributed by atoms with Gasteiger partial charge >= 0.3 is 0 Å². The fourth-order valence-corrected chi connectivity index (χ4v) is 9.03. The summed E-state index contributed by atoms with van der Waals surface area (Å²) >= 11 is 0. The lowest BCUT2D eigenvalue weighted by atomic mass is 10.0. The standard InChI is InChI=1S/C49H30N4/c1-2-16-40-39(15-1)48(53-45-19-9-5-13-37(45)38-14-6-10-20-46(38)53)29-42-41-28-34(51-43-17-7-3-11-35(43)36-12-4-8-18-44(36)51)23-24-47(41)52(49(40)42)33-22-21-31-25-26-50-30-32(31)27-33/h1-30H. The minimum atomic E-state index is 1.12. The SMILES string of the molecule is c1ccc2c(c1)c(-n1c3ccccc3c3ccccc31)cc1c3cc(-n4c5ccccc5c5ccccc54)ccc3n(-c3ccc4ccncc4c3)c21. The first-order valence-electron chi connectivity index (χ1n) is 18.1. The van der Waals surface area contributed by atoms with Gasteiger partial charge in [-0.15, -0.1) is 0 Å². The van der Waals surface area contributed by atoms with Gasteiger partial charge in [0.15, 0.2) is 0 Å². The molecular weight excluding hydrogens is 645 g/mol. The molecule has 12 rings (SSSR count). The Morgan fingerprint density at radius 1 is 0.321 bits per heavy atom. The Morgan fingerprint density at radius 3 is 1.47 bits per heavy atom. The van der Waals surface area contributed by atoms with E-state index < -0.39 is 0 Å². The quantitative estimate of drug-likeness (QED) is 0.183. The smallest absolute Gasteiger partial charge is 0.0621 e. The minimum absolute atomic E-state index is 1.12. The molecule has 0 saturated carbocycles. The molecule has 4 heterocycles. The second-order valence-corrected chi connectivity index (χ2v) is 14.0. The molecule has 12 aromatic rings. The van der Waals surface area contributed by atoms with E-state index in [0.29, 0.717) is 0 Å². The van der Waals surface area contributed by atoms with Crippen LogP contribution in [0.4, 0.5) is 0 Å². The van der Waals surface area contributed by atoms with Gasteiger partial charge in [0.1, 0.15) is 0 Å². The van der Waals surface area contributed by atoms with Gasteiger partial charge in [0.2, 0.25) is 0 Å². The molecule has 0 spiro atoms. The maximum absolute atomic E-state index is 4.47. The van der Waals surface area contributed by atoms with E-state index >= 15 is 0 Å². The highest BCUT2D eigenvalue weighted by atomic mass is 15.0. The summed E-state index contributed by atoms with van der Waals surface area (Å²) in [7, 11) is 0. The third-order valence-electron chi connectivity index (χ3n) is 11.3. The van der Waals surface area contributed by atoms with E-state index in [0.717, 1.165) is 22.3 Å². The van der Waals surface area contributed by atoms with Crippen molar-refractivity contribution in [3.8, 4) is 17.1 Å². The summed E-state index contributed by atoms with van der Waals surface area (Å²) in [4.78, 5) is 4.47. The van der Waals surface area contributed by atoms with Crippen LogP contribution in [0.3, 0.4) is 0 Å². The number of rotatable bonds is 3. The van der Waals surface area contributed by atoms with Crippen LogP contribution in [0.25, 0.3) is 104 Å². The summed E-state index contributed by atoms with van der Waals surface area (Å²) in [6, 6.07) is 62.2. The number of aromatic nitrogens is 4. The lowest BCUT2D eigenvalue weighted by Gasteiger charge is -2.15. The highest BCUT2D eigenvalue weighted by molar-refractivity contribution is 6.22. The third kappa shape index (κ3) is 3.92. The van der Waals surface area contributed by atoms with Crippen LogP contribution in [0.15, 0.2) is 182 Å². The molecule has 53 heavy (non-hydrogen) atoms. The second kappa shape index (κ2) is 10.7. The number of hydrogen-bond donors (Lipinski definition) is 0. The van der Waals surface area contributed by atoms with Gasteiger partial charge < -0.3 is 13.7 Å². The Balaban J connectivity index is 1.26. The van der Waals surface area contributed by atoms with Crippen molar-refractivity contribution in [2.75, 3.05) is 0 Å². The molecule has 0 aliphatic heterocycles. The van der Waals surface area contributed by atoms with Gasteiger partial charge in [-0.3, -0.25) is 4.98 Å². The van der Waals surface area contributed by atoms with Crippen molar-refractivity contribution in [2.45, 2.75) is 0 Å². The number of benzene rings is 8. The molecule has 0 radical (unpaired) electrons. The maximum atomic E-state index is 4.47. The highest BCUT2D eigenvalue weighted by Gasteiger charge is 2.22. The fraction of sp³-hybridized carbons (Fsp3) is 0. The highest BCUT2D eigenvalue weighted by Crippen LogP contribution is 2.43. The van der Waals surface area contributed by atoms with Crippen LogP contribution in [0.1, 0.15) is 0 Å². The van der Waals surface area contributed by atoms with E-state index in [-0.39, 0.29) is 0 Å². The molecule has 0 fully saturated rings. The third-order valence-corrected chi connectivity index (χ3v) is 11.3. The molecular formula is C49H30N4. The molecule has 4 nitrogen and oxygen atoms in total. The second-order valence-electron chi connectivity index (χ2n) is 14.0. The van der Waals surface area contributed by atoms with Crippen LogP contribution in [-0.2, 0) is 0 Å². The van der Waals surface area contributed by atoms with Crippen molar-refractivity contribution in [1.29, 1.82) is 0 Å². The zero-order valence-corrected chi connectivity index (χ0v) is 28.6. The van der Waals surface area contributed by atoms with E-state index in [2.05, 4.69) is 189 Å². The summed E-state index contributed by atoms with van der Waals surface area (Å²) in [6.45, 7) is 0. The monoisotopic (exact) mass is 674 g/mol. The molecule has 8 aromatic carbocycles. The van der Waals surface area contributed by atoms with Gasteiger partial charge in [-0.1, -0.05) is 103 Å². The first-order valence-corrected chi connectivity index (χ1v) is 18.1. The van der Waals surface area contributed by atoms with E-state index in [9.17, 15) is 0 Å². The van der Waals surface area contributed by atoms with E-state index in [1.54, 1.807) is 0 Å². The fourth-order valence-electron chi connectivity index (χ4n) is 9.03. The Morgan fingerprint density at radius 2 is 0.830 bits per heavy atom. The van der Waals surface area contributed by atoms with Crippen LogP contribution >= 0.6 is 0 Å². The minimum Gasteiger partial charge on any atom is -0.309 e. The molecule has 0 bridgehead atoms. The number of nitrogens with zero attached hydrogens (tertiary/aromatic N) is 4. The van der Waals surface area contributed by atoms with E-state index in [1.165, 1.54) is 81.7 Å². The molecule has 4 heteroatoms. The van der Waals surface area contributed by atoms with Gasteiger partial charge in [0.25, 0.3) is 0 Å². The van der Waals surface area contributed by atoms with Gasteiger partial charge in [0, 0.05) is 72.2 Å². The normalized spacial score (nSPS) is 12.2. The average Bonchev–Trinajstić information content (AvgIpc) is 3.86. The molecule has 0 aliphatic carbocycles. The Kier molecular flexibility index (Phi) is 5.74. The van der Waals surface area contributed by atoms with Crippen molar-refractivity contribution in [3.05, 3.63) is 182 Å². The van der Waals surface area contributed by atoms with Gasteiger partial charge in [-0.2, -0.15) is 0 Å². The zero-order chi connectivity index (χ0) is 34.6. The first-order chi connectivity index (χ1) is 26.3. The molecule has 0 unspecified atom stereocenters. The van der Waals surface area contributed by atoms with Gasteiger partial charge in [0.05, 0.1) is 38.8 Å².